The molecular weight excluding hydrogens is 246 g/mol. The number of aryl methyl sites for hydroxylation is 3. The van der Waals surface area contributed by atoms with Gasteiger partial charge in [-0.05, 0) is 31.6 Å². The van der Waals surface area contributed by atoms with Crippen molar-refractivity contribution in [3.63, 3.8) is 0 Å². The molecule has 90 valence electrons. The fraction of sp³-hybridized carbons (Fsp3) is 0.357. The summed E-state index contributed by atoms with van der Waals surface area (Å²) in [6.07, 6.45) is 2.14. The van der Waals surface area contributed by atoms with E-state index >= 15 is 0 Å². The average Bonchev–Trinajstić information content (AvgIpc) is 2.75. The minimum absolute atomic E-state index is 0.929. The second kappa shape index (κ2) is 5.69. The third-order valence-corrected chi connectivity index (χ3v) is 3.98. The molecule has 2 aromatic rings. The molecule has 1 aromatic carbocycles. The molecule has 2 rings (SSSR count). The smallest absolute Gasteiger partial charge is 0.0932 e. The van der Waals surface area contributed by atoms with Gasteiger partial charge in [0.2, 0.25) is 0 Å². The molecule has 1 aromatic heterocycles. The summed E-state index contributed by atoms with van der Waals surface area (Å²) in [5, 5.41) is 3.37. The third kappa shape index (κ3) is 3.11. The molecule has 0 fully saturated rings. The summed E-state index contributed by atoms with van der Waals surface area (Å²) < 4.78 is 0. The summed E-state index contributed by atoms with van der Waals surface area (Å²) in [4.78, 5) is 4.69. The highest BCUT2D eigenvalue weighted by atomic mass is 32.1. The zero-order valence-corrected chi connectivity index (χ0v) is 11.9. The minimum Gasteiger partial charge on any atom is -0.241 e. The van der Waals surface area contributed by atoms with Gasteiger partial charge in [0.1, 0.15) is 0 Å². The van der Waals surface area contributed by atoms with E-state index in [9.17, 15) is 0 Å². The molecule has 0 aliphatic carbocycles. The second-order valence-corrected chi connectivity index (χ2v) is 5.66. The fourth-order valence-corrected chi connectivity index (χ4v) is 2.88. The maximum absolute atomic E-state index is 4.69. The minimum atomic E-state index is 0.929. The van der Waals surface area contributed by atoms with Gasteiger partial charge in [0.15, 0.2) is 0 Å². The zero-order chi connectivity index (χ0) is 12.3. The van der Waals surface area contributed by atoms with Gasteiger partial charge in [0.05, 0.1) is 10.7 Å². The maximum Gasteiger partial charge on any atom is 0.0932 e. The molecule has 0 aliphatic heterocycles. The van der Waals surface area contributed by atoms with E-state index in [2.05, 4.69) is 50.1 Å². The molecule has 0 amide bonds. The summed E-state index contributed by atoms with van der Waals surface area (Å²) in [5.74, 6) is 0.929. The molecule has 1 heterocycles. The molecule has 1 nitrogen and oxygen atoms in total. The van der Waals surface area contributed by atoms with E-state index in [-0.39, 0.29) is 0 Å². The van der Waals surface area contributed by atoms with Crippen LogP contribution in [-0.2, 0) is 6.42 Å². The number of aromatic nitrogens is 1. The lowest BCUT2D eigenvalue weighted by molar-refractivity contribution is 0.923. The van der Waals surface area contributed by atoms with E-state index in [0.29, 0.717) is 0 Å². The van der Waals surface area contributed by atoms with E-state index in [0.717, 1.165) is 24.3 Å². The first-order chi connectivity index (χ1) is 8.20. The van der Waals surface area contributed by atoms with Crippen molar-refractivity contribution in [3.8, 4) is 11.3 Å². The predicted octanol–water partition coefficient (Wildman–Crippen LogP) is 4.29. The first kappa shape index (κ1) is 12.7. The lowest BCUT2D eigenvalue weighted by Gasteiger charge is -2.03. The Morgan fingerprint density at radius 1 is 1.29 bits per heavy atom. The van der Waals surface area contributed by atoms with Crippen molar-refractivity contribution in [1.82, 2.24) is 4.98 Å². The Morgan fingerprint density at radius 2 is 2.12 bits per heavy atom. The van der Waals surface area contributed by atoms with Gasteiger partial charge in [0.25, 0.3) is 0 Å². The van der Waals surface area contributed by atoms with Crippen molar-refractivity contribution >= 4 is 24.0 Å². The molecule has 0 aliphatic rings. The summed E-state index contributed by atoms with van der Waals surface area (Å²) >= 11 is 5.98. The Kier molecular flexibility index (Phi) is 4.24. The number of thiol groups is 1. The predicted molar refractivity (Wildman–Crippen MR) is 79.2 cm³/mol. The highest BCUT2D eigenvalue weighted by Crippen LogP contribution is 2.26. The number of thiazole rings is 1. The van der Waals surface area contributed by atoms with Crippen LogP contribution in [0.4, 0.5) is 0 Å². The maximum atomic E-state index is 4.69. The Morgan fingerprint density at radius 3 is 2.82 bits per heavy atom. The summed E-state index contributed by atoms with van der Waals surface area (Å²) in [6, 6.07) is 6.53. The molecule has 0 spiro atoms. The molecule has 0 N–H and O–H groups in total. The van der Waals surface area contributed by atoms with Gasteiger partial charge in [-0.3, -0.25) is 0 Å². The highest BCUT2D eigenvalue weighted by Gasteiger charge is 2.06. The van der Waals surface area contributed by atoms with Crippen molar-refractivity contribution < 1.29 is 0 Å². The van der Waals surface area contributed by atoms with Crippen molar-refractivity contribution in [2.24, 2.45) is 0 Å². The SMILES string of the molecule is Cc1ccc(-c2csc(CCCS)n2)c(C)c1. The van der Waals surface area contributed by atoms with E-state index in [1.807, 2.05) is 0 Å². The molecule has 3 heteroatoms. The first-order valence-corrected chi connectivity index (χ1v) is 7.35. The van der Waals surface area contributed by atoms with Crippen LogP contribution in [0.1, 0.15) is 22.6 Å². The van der Waals surface area contributed by atoms with Crippen LogP contribution >= 0.6 is 24.0 Å². The van der Waals surface area contributed by atoms with Gasteiger partial charge in [-0.2, -0.15) is 12.6 Å². The Bertz CT molecular complexity index is 503. The van der Waals surface area contributed by atoms with E-state index < -0.39 is 0 Å². The summed E-state index contributed by atoms with van der Waals surface area (Å²) in [5.41, 5.74) is 4.97. The van der Waals surface area contributed by atoms with Crippen molar-refractivity contribution in [3.05, 3.63) is 39.7 Å². The topological polar surface area (TPSA) is 12.9 Å². The number of hydrogen-bond acceptors (Lipinski definition) is 3. The third-order valence-electron chi connectivity index (χ3n) is 2.76. The molecule has 0 atom stereocenters. The van der Waals surface area contributed by atoms with Crippen LogP contribution in [-0.4, -0.2) is 10.7 Å². The van der Waals surface area contributed by atoms with Gasteiger partial charge in [-0.25, -0.2) is 4.98 Å². The van der Waals surface area contributed by atoms with E-state index in [1.54, 1.807) is 11.3 Å². The van der Waals surface area contributed by atoms with Crippen LogP contribution in [0, 0.1) is 13.8 Å². The average molecular weight is 263 g/mol. The van der Waals surface area contributed by atoms with Gasteiger partial charge in [0, 0.05) is 17.4 Å². The standard InChI is InChI=1S/C14H17NS2/c1-10-5-6-12(11(2)8-10)13-9-17-14(15-13)4-3-7-16/h5-6,8-9,16H,3-4,7H2,1-2H3. The molecule has 0 unspecified atom stereocenters. The lowest BCUT2D eigenvalue weighted by atomic mass is 10.0. The highest BCUT2D eigenvalue weighted by molar-refractivity contribution is 7.80. The Hall–Kier alpha value is -0.800. The quantitative estimate of drug-likeness (QED) is 0.812. The van der Waals surface area contributed by atoms with Crippen LogP contribution < -0.4 is 0 Å². The van der Waals surface area contributed by atoms with Gasteiger partial charge < -0.3 is 0 Å². The van der Waals surface area contributed by atoms with Crippen molar-refractivity contribution in [2.45, 2.75) is 26.7 Å². The normalized spacial score (nSPS) is 10.8. The summed E-state index contributed by atoms with van der Waals surface area (Å²) in [6.45, 7) is 4.27. The van der Waals surface area contributed by atoms with Crippen LogP contribution in [0.3, 0.4) is 0 Å². The molecule has 17 heavy (non-hydrogen) atoms. The van der Waals surface area contributed by atoms with Crippen LogP contribution in [0.25, 0.3) is 11.3 Å². The van der Waals surface area contributed by atoms with Crippen LogP contribution in [0.15, 0.2) is 23.6 Å². The molecular formula is C14H17NS2. The molecule has 0 saturated heterocycles. The van der Waals surface area contributed by atoms with Crippen molar-refractivity contribution in [2.75, 3.05) is 5.75 Å². The monoisotopic (exact) mass is 263 g/mol. The number of hydrogen-bond donors (Lipinski definition) is 1. The van der Waals surface area contributed by atoms with Gasteiger partial charge >= 0.3 is 0 Å². The second-order valence-electron chi connectivity index (χ2n) is 4.27. The van der Waals surface area contributed by atoms with Crippen LogP contribution in [0.2, 0.25) is 0 Å². The van der Waals surface area contributed by atoms with E-state index in [4.69, 9.17) is 4.98 Å². The largest absolute Gasteiger partial charge is 0.241 e. The summed E-state index contributed by atoms with van der Waals surface area (Å²) in [7, 11) is 0. The van der Waals surface area contributed by atoms with Crippen molar-refractivity contribution in [1.29, 1.82) is 0 Å². The fourth-order valence-electron chi connectivity index (χ4n) is 1.88. The first-order valence-electron chi connectivity index (χ1n) is 5.83. The Labute approximate surface area is 112 Å². The van der Waals surface area contributed by atoms with Gasteiger partial charge in [-0.1, -0.05) is 23.8 Å². The number of benzene rings is 1. The van der Waals surface area contributed by atoms with E-state index in [1.165, 1.54) is 21.7 Å². The van der Waals surface area contributed by atoms with Crippen LogP contribution in [0.5, 0.6) is 0 Å². The molecule has 0 radical (unpaired) electrons. The molecule has 0 saturated carbocycles. The number of rotatable bonds is 4. The Balaban J connectivity index is 2.24. The molecule has 0 bridgehead atoms. The number of nitrogens with zero attached hydrogens (tertiary/aromatic N) is 1. The zero-order valence-electron chi connectivity index (χ0n) is 10.2. The lowest BCUT2D eigenvalue weighted by Crippen LogP contribution is -1.88. The van der Waals surface area contributed by atoms with Gasteiger partial charge in [-0.15, -0.1) is 11.3 Å².